The van der Waals surface area contributed by atoms with Crippen LogP contribution in [-0.4, -0.2) is 50.3 Å². The fourth-order valence-electron chi connectivity index (χ4n) is 2.16. The highest BCUT2D eigenvalue weighted by Crippen LogP contribution is 2.15. The summed E-state index contributed by atoms with van der Waals surface area (Å²) in [6.07, 6.45) is 1.88. The molecule has 0 aliphatic heterocycles. The van der Waals surface area contributed by atoms with Crippen LogP contribution in [0.2, 0.25) is 0 Å². The monoisotopic (exact) mass is 273 g/mol. The van der Waals surface area contributed by atoms with Gasteiger partial charge in [-0.25, -0.2) is 0 Å². The molecule has 0 spiro atoms. The molecule has 4 nitrogen and oxygen atoms in total. The highest BCUT2D eigenvalue weighted by molar-refractivity contribution is 5.81. The number of likely N-dealkylation sites (N-methyl/N-ethyl adjacent to an activating group) is 1. The van der Waals surface area contributed by atoms with Crippen LogP contribution in [0.3, 0.4) is 0 Å². The lowest BCUT2D eigenvalue weighted by molar-refractivity contribution is 0.161. The molecule has 0 fully saturated rings. The molecule has 4 heteroatoms. The molecule has 1 heterocycles. The van der Waals surface area contributed by atoms with Crippen molar-refractivity contribution in [3.63, 3.8) is 0 Å². The van der Waals surface area contributed by atoms with Crippen molar-refractivity contribution in [2.24, 2.45) is 0 Å². The Bertz CT molecular complexity index is 525. The molecule has 0 amide bonds. The van der Waals surface area contributed by atoms with E-state index in [9.17, 15) is 0 Å². The van der Waals surface area contributed by atoms with E-state index < -0.39 is 0 Å². The average molecular weight is 273 g/mol. The highest BCUT2D eigenvalue weighted by atomic mass is 16.5. The van der Waals surface area contributed by atoms with Crippen molar-refractivity contribution in [3.05, 3.63) is 42.1 Å². The molecule has 0 atom stereocenters. The standard InChI is InChI=1S/C16H23N3O/c1-19(11-12-20-2)10-9-17-13-14-7-8-18-16-6-4-3-5-15(14)16/h3-8,17H,9-13H2,1-2H3. The number of nitrogens with zero attached hydrogens (tertiary/aromatic N) is 2. The van der Waals surface area contributed by atoms with Crippen LogP contribution in [0.1, 0.15) is 5.56 Å². The van der Waals surface area contributed by atoms with E-state index in [-0.39, 0.29) is 0 Å². The number of benzene rings is 1. The summed E-state index contributed by atoms with van der Waals surface area (Å²) in [7, 11) is 3.85. The number of aromatic nitrogens is 1. The molecule has 20 heavy (non-hydrogen) atoms. The topological polar surface area (TPSA) is 37.4 Å². The molecule has 1 aromatic heterocycles. The normalized spacial score (nSPS) is 11.3. The summed E-state index contributed by atoms with van der Waals surface area (Å²) in [5.41, 5.74) is 2.36. The Labute approximate surface area is 120 Å². The van der Waals surface area contributed by atoms with Gasteiger partial charge in [0.2, 0.25) is 0 Å². The van der Waals surface area contributed by atoms with E-state index in [0.717, 1.165) is 38.3 Å². The average Bonchev–Trinajstić information content (AvgIpc) is 2.49. The molecular weight excluding hydrogens is 250 g/mol. The predicted octanol–water partition coefficient (Wildman–Crippen LogP) is 1.90. The van der Waals surface area contributed by atoms with Crippen molar-refractivity contribution >= 4 is 10.9 Å². The lowest BCUT2D eigenvalue weighted by Gasteiger charge is -2.16. The second-order valence-corrected chi connectivity index (χ2v) is 4.96. The van der Waals surface area contributed by atoms with Crippen LogP contribution in [-0.2, 0) is 11.3 Å². The largest absolute Gasteiger partial charge is 0.383 e. The van der Waals surface area contributed by atoms with Gasteiger partial charge in [0.15, 0.2) is 0 Å². The van der Waals surface area contributed by atoms with Gasteiger partial charge >= 0.3 is 0 Å². The van der Waals surface area contributed by atoms with E-state index in [2.05, 4.69) is 46.5 Å². The van der Waals surface area contributed by atoms with E-state index in [1.54, 1.807) is 7.11 Å². The van der Waals surface area contributed by atoms with Crippen molar-refractivity contribution in [2.45, 2.75) is 6.54 Å². The van der Waals surface area contributed by atoms with Gasteiger partial charge in [-0.2, -0.15) is 0 Å². The Balaban J connectivity index is 1.81. The highest BCUT2D eigenvalue weighted by Gasteiger charge is 2.01. The number of fused-ring (bicyclic) bond motifs is 1. The van der Waals surface area contributed by atoms with Gasteiger partial charge in [-0.3, -0.25) is 4.98 Å². The number of hydrogen-bond donors (Lipinski definition) is 1. The van der Waals surface area contributed by atoms with Crippen molar-refractivity contribution in [1.29, 1.82) is 0 Å². The summed E-state index contributed by atoms with van der Waals surface area (Å²) in [6, 6.07) is 10.4. The lowest BCUT2D eigenvalue weighted by atomic mass is 10.1. The predicted molar refractivity (Wildman–Crippen MR) is 82.8 cm³/mol. The van der Waals surface area contributed by atoms with Gasteiger partial charge in [-0.15, -0.1) is 0 Å². The molecule has 0 aliphatic rings. The van der Waals surface area contributed by atoms with Crippen molar-refractivity contribution in [2.75, 3.05) is 40.4 Å². The van der Waals surface area contributed by atoms with Gasteiger partial charge in [-0.1, -0.05) is 18.2 Å². The minimum absolute atomic E-state index is 0.783. The second-order valence-electron chi connectivity index (χ2n) is 4.96. The molecule has 0 saturated carbocycles. The van der Waals surface area contributed by atoms with Gasteiger partial charge in [0.1, 0.15) is 0 Å². The van der Waals surface area contributed by atoms with Gasteiger partial charge in [0.25, 0.3) is 0 Å². The lowest BCUT2D eigenvalue weighted by Crippen LogP contribution is -2.31. The summed E-state index contributed by atoms with van der Waals surface area (Å²) < 4.78 is 5.07. The van der Waals surface area contributed by atoms with E-state index >= 15 is 0 Å². The van der Waals surface area contributed by atoms with E-state index in [0.29, 0.717) is 0 Å². The summed E-state index contributed by atoms with van der Waals surface area (Å²) in [5, 5.41) is 4.72. The third-order valence-corrected chi connectivity index (χ3v) is 3.40. The number of ether oxygens (including phenoxy) is 1. The maximum absolute atomic E-state index is 5.07. The first kappa shape index (κ1) is 14.9. The number of nitrogens with one attached hydrogen (secondary N) is 1. The minimum atomic E-state index is 0.783. The molecule has 0 aliphatic carbocycles. The summed E-state index contributed by atoms with van der Waals surface area (Å²) in [5.74, 6) is 0. The number of methoxy groups -OCH3 is 1. The Morgan fingerprint density at radius 1 is 1.20 bits per heavy atom. The van der Waals surface area contributed by atoms with E-state index in [1.165, 1.54) is 10.9 Å². The number of rotatable bonds is 8. The van der Waals surface area contributed by atoms with Gasteiger partial charge in [-0.05, 0) is 24.7 Å². The van der Waals surface area contributed by atoms with Crippen LogP contribution in [0.4, 0.5) is 0 Å². The van der Waals surface area contributed by atoms with Crippen molar-refractivity contribution in [3.8, 4) is 0 Å². The number of pyridine rings is 1. The molecule has 0 bridgehead atoms. The van der Waals surface area contributed by atoms with Gasteiger partial charge in [0.05, 0.1) is 12.1 Å². The van der Waals surface area contributed by atoms with Gasteiger partial charge in [0, 0.05) is 44.9 Å². The van der Waals surface area contributed by atoms with Crippen molar-refractivity contribution < 1.29 is 4.74 Å². The van der Waals surface area contributed by atoms with Crippen LogP contribution in [0, 0.1) is 0 Å². The van der Waals surface area contributed by atoms with Crippen LogP contribution in [0.15, 0.2) is 36.5 Å². The summed E-state index contributed by atoms with van der Waals surface area (Å²) in [4.78, 5) is 6.65. The zero-order valence-electron chi connectivity index (χ0n) is 12.3. The molecule has 1 aromatic carbocycles. The van der Waals surface area contributed by atoms with Crippen LogP contribution < -0.4 is 5.32 Å². The third kappa shape index (κ3) is 4.27. The zero-order chi connectivity index (χ0) is 14.2. The van der Waals surface area contributed by atoms with Crippen LogP contribution >= 0.6 is 0 Å². The molecule has 0 radical (unpaired) electrons. The minimum Gasteiger partial charge on any atom is -0.383 e. The molecular formula is C16H23N3O. The number of para-hydroxylation sites is 1. The fraction of sp³-hybridized carbons (Fsp3) is 0.438. The first-order chi connectivity index (χ1) is 9.81. The summed E-state index contributed by atoms with van der Waals surface area (Å²) >= 11 is 0. The molecule has 0 unspecified atom stereocenters. The second kappa shape index (κ2) is 7.94. The Kier molecular flexibility index (Phi) is 5.92. The van der Waals surface area contributed by atoms with E-state index in [4.69, 9.17) is 4.74 Å². The van der Waals surface area contributed by atoms with Crippen LogP contribution in [0.25, 0.3) is 10.9 Å². The molecule has 108 valence electrons. The number of hydrogen-bond acceptors (Lipinski definition) is 4. The Hall–Kier alpha value is -1.49. The Morgan fingerprint density at radius 3 is 2.90 bits per heavy atom. The smallest absolute Gasteiger partial charge is 0.0705 e. The first-order valence-corrected chi connectivity index (χ1v) is 7.02. The first-order valence-electron chi connectivity index (χ1n) is 7.02. The van der Waals surface area contributed by atoms with Gasteiger partial charge < -0.3 is 15.0 Å². The van der Waals surface area contributed by atoms with Crippen molar-refractivity contribution in [1.82, 2.24) is 15.2 Å². The Morgan fingerprint density at radius 2 is 2.05 bits per heavy atom. The third-order valence-electron chi connectivity index (χ3n) is 3.40. The fourth-order valence-corrected chi connectivity index (χ4v) is 2.16. The molecule has 2 aromatic rings. The molecule has 1 N–H and O–H groups in total. The summed E-state index contributed by atoms with van der Waals surface area (Å²) in [6.45, 7) is 4.62. The maximum Gasteiger partial charge on any atom is 0.0705 e. The van der Waals surface area contributed by atoms with E-state index in [1.807, 2.05) is 12.3 Å². The molecule has 2 rings (SSSR count). The SMILES string of the molecule is COCCN(C)CCNCc1ccnc2ccccc12. The molecule has 0 saturated heterocycles. The zero-order valence-corrected chi connectivity index (χ0v) is 12.3. The maximum atomic E-state index is 5.07. The quantitative estimate of drug-likeness (QED) is 0.746. The van der Waals surface area contributed by atoms with Crippen LogP contribution in [0.5, 0.6) is 0 Å².